The zero-order valence-corrected chi connectivity index (χ0v) is 13.2. The highest BCUT2D eigenvalue weighted by Gasteiger charge is 2.40. The Labute approximate surface area is 122 Å². The number of amides is 1. The van der Waals surface area contributed by atoms with E-state index in [0.29, 0.717) is 17.2 Å². The predicted molar refractivity (Wildman–Crippen MR) is 76.4 cm³/mol. The molecule has 0 aromatic carbocycles. The second-order valence-electron chi connectivity index (χ2n) is 4.58. The van der Waals surface area contributed by atoms with Gasteiger partial charge in [0.2, 0.25) is 5.91 Å². The van der Waals surface area contributed by atoms with Crippen LogP contribution in [-0.2, 0) is 14.6 Å². The molecule has 0 N–H and O–H groups in total. The van der Waals surface area contributed by atoms with Gasteiger partial charge in [-0.15, -0.1) is 22.9 Å². The first-order valence-corrected chi connectivity index (χ1v) is 9.06. The van der Waals surface area contributed by atoms with Crippen molar-refractivity contribution >= 4 is 38.7 Å². The van der Waals surface area contributed by atoms with E-state index in [4.69, 9.17) is 11.6 Å². The average Bonchev–Trinajstić information content (AvgIpc) is 2.86. The topological polar surface area (TPSA) is 54.5 Å². The monoisotopic (exact) mass is 321 g/mol. The van der Waals surface area contributed by atoms with Crippen LogP contribution >= 0.6 is 22.9 Å². The molecule has 0 aliphatic carbocycles. The third-order valence-electron chi connectivity index (χ3n) is 3.51. The van der Waals surface area contributed by atoms with Crippen molar-refractivity contribution in [3.8, 4) is 0 Å². The Bertz CT molecular complexity index is 582. The van der Waals surface area contributed by atoms with Crippen LogP contribution in [0.5, 0.6) is 0 Å². The molecule has 0 saturated carbocycles. The van der Waals surface area contributed by atoms with E-state index in [1.807, 2.05) is 6.92 Å². The molecule has 19 heavy (non-hydrogen) atoms. The maximum Gasteiger partial charge on any atom is 0.237 e. The highest BCUT2D eigenvalue weighted by Crippen LogP contribution is 2.42. The van der Waals surface area contributed by atoms with E-state index in [1.54, 1.807) is 23.3 Å². The highest BCUT2D eigenvalue weighted by atomic mass is 35.5. The van der Waals surface area contributed by atoms with E-state index in [2.05, 4.69) is 0 Å². The first kappa shape index (κ1) is 14.8. The largest absolute Gasteiger partial charge is 0.335 e. The molecule has 0 radical (unpaired) electrons. The van der Waals surface area contributed by atoms with Gasteiger partial charge in [0.15, 0.2) is 9.84 Å². The standard InChI is InChI=1S/C12H16ClNO3S2/c1-3-14(11(15)7-13)10-6-8(2)19(16,17)12-9(10)4-5-18-12/h4-5,8,10H,3,6-7H2,1-2H3/t8-,10-/m0/s1. The van der Waals surface area contributed by atoms with Crippen LogP contribution in [0.4, 0.5) is 0 Å². The number of fused-ring (bicyclic) bond motifs is 1. The summed E-state index contributed by atoms with van der Waals surface area (Å²) in [5, 5.41) is 1.30. The van der Waals surface area contributed by atoms with Crippen LogP contribution in [0.25, 0.3) is 0 Å². The van der Waals surface area contributed by atoms with Crippen LogP contribution in [0, 0.1) is 0 Å². The first-order chi connectivity index (χ1) is 8.93. The number of hydrogen-bond donors (Lipinski definition) is 0. The Kier molecular flexibility index (Phi) is 4.23. The number of nitrogens with zero attached hydrogens (tertiary/aromatic N) is 1. The molecule has 0 saturated heterocycles. The van der Waals surface area contributed by atoms with Crippen molar-refractivity contribution in [1.29, 1.82) is 0 Å². The summed E-state index contributed by atoms with van der Waals surface area (Å²) in [6.07, 6.45) is 0.433. The molecule has 1 aromatic heterocycles. The summed E-state index contributed by atoms with van der Waals surface area (Å²) in [6, 6.07) is 1.62. The zero-order chi connectivity index (χ0) is 14.2. The predicted octanol–water partition coefficient (Wildman–Crippen LogP) is 2.44. The summed E-state index contributed by atoms with van der Waals surface area (Å²) >= 11 is 6.86. The third kappa shape index (κ3) is 2.41. The van der Waals surface area contributed by atoms with Crippen molar-refractivity contribution in [2.45, 2.75) is 35.8 Å². The lowest BCUT2D eigenvalue weighted by Gasteiger charge is -2.35. The molecule has 1 aromatic rings. The summed E-state index contributed by atoms with van der Waals surface area (Å²) in [6.45, 7) is 4.10. The number of hydrogen-bond acceptors (Lipinski definition) is 4. The summed E-state index contributed by atoms with van der Waals surface area (Å²) in [5.41, 5.74) is 0.739. The van der Waals surface area contributed by atoms with Gasteiger partial charge in [-0.3, -0.25) is 4.79 Å². The van der Waals surface area contributed by atoms with Crippen LogP contribution in [0.3, 0.4) is 0 Å². The maximum atomic E-state index is 12.2. The Balaban J connectivity index is 2.48. The number of carbonyl (C=O) groups is 1. The van der Waals surface area contributed by atoms with Crippen molar-refractivity contribution in [2.24, 2.45) is 0 Å². The second kappa shape index (κ2) is 5.42. The van der Waals surface area contributed by atoms with E-state index in [-0.39, 0.29) is 17.8 Å². The van der Waals surface area contributed by atoms with Gasteiger partial charge in [0.25, 0.3) is 0 Å². The molecule has 4 nitrogen and oxygen atoms in total. The lowest BCUT2D eigenvalue weighted by molar-refractivity contribution is -0.131. The third-order valence-corrected chi connectivity index (χ3v) is 7.45. The molecule has 1 aliphatic heterocycles. The summed E-state index contributed by atoms with van der Waals surface area (Å²) in [4.78, 5) is 13.6. The fourth-order valence-electron chi connectivity index (χ4n) is 2.48. The molecule has 1 aliphatic rings. The fraction of sp³-hybridized carbons (Fsp3) is 0.583. The molecular weight excluding hydrogens is 306 g/mol. The van der Waals surface area contributed by atoms with Crippen molar-refractivity contribution in [3.63, 3.8) is 0 Å². The van der Waals surface area contributed by atoms with Gasteiger partial charge in [-0.2, -0.15) is 0 Å². The van der Waals surface area contributed by atoms with Crippen LogP contribution in [0.1, 0.15) is 31.9 Å². The molecule has 2 heterocycles. The number of halogens is 1. The number of rotatable bonds is 3. The van der Waals surface area contributed by atoms with Crippen LogP contribution in [0.15, 0.2) is 15.7 Å². The molecule has 0 fully saturated rings. The summed E-state index contributed by atoms with van der Waals surface area (Å²) < 4.78 is 24.9. The molecule has 2 atom stereocenters. The van der Waals surface area contributed by atoms with E-state index in [1.165, 1.54) is 11.3 Å². The SMILES string of the molecule is CCN(C(=O)CCl)[C@H]1C[C@H](C)S(=O)(=O)c2sccc21. The quantitative estimate of drug-likeness (QED) is 0.803. The van der Waals surface area contributed by atoms with Gasteiger partial charge in [-0.25, -0.2) is 8.42 Å². The average molecular weight is 322 g/mol. The minimum absolute atomic E-state index is 0.0784. The number of alkyl halides is 1. The summed E-state index contributed by atoms with van der Waals surface area (Å²) in [7, 11) is -3.24. The van der Waals surface area contributed by atoms with E-state index in [0.717, 1.165) is 5.56 Å². The maximum absolute atomic E-state index is 12.2. The second-order valence-corrected chi connectivity index (χ2v) is 8.33. The zero-order valence-electron chi connectivity index (χ0n) is 10.8. The number of sulfone groups is 1. The van der Waals surface area contributed by atoms with Crippen molar-refractivity contribution in [2.75, 3.05) is 12.4 Å². The van der Waals surface area contributed by atoms with Crippen molar-refractivity contribution in [1.82, 2.24) is 4.90 Å². The van der Waals surface area contributed by atoms with Crippen molar-refractivity contribution in [3.05, 3.63) is 17.0 Å². The highest BCUT2D eigenvalue weighted by molar-refractivity contribution is 7.94. The fourth-order valence-corrected chi connectivity index (χ4v) is 5.84. The minimum atomic E-state index is -3.24. The van der Waals surface area contributed by atoms with Gasteiger partial charge < -0.3 is 4.90 Å². The van der Waals surface area contributed by atoms with E-state index < -0.39 is 15.1 Å². The Hall–Kier alpha value is -0.590. The molecule has 0 spiro atoms. The van der Waals surface area contributed by atoms with Gasteiger partial charge in [0.1, 0.15) is 10.1 Å². The van der Waals surface area contributed by atoms with Gasteiger partial charge in [-0.05, 0) is 31.7 Å². The molecule has 7 heteroatoms. The van der Waals surface area contributed by atoms with Gasteiger partial charge in [-0.1, -0.05) is 0 Å². The number of carbonyl (C=O) groups excluding carboxylic acids is 1. The molecule has 0 unspecified atom stereocenters. The first-order valence-electron chi connectivity index (χ1n) is 6.10. The lowest BCUT2D eigenvalue weighted by atomic mass is 10.0. The molecular formula is C12H16ClNO3S2. The van der Waals surface area contributed by atoms with Crippen molar-refractivity contribution < 1.29 is 13.2 Å². The molecule has 2 rings (SSSR count). The van der Waals surface area contributed by atoms with Gasteiger partial charge >= 0.3 is 0 Å². The van der Waals surface area contributed by atoms with Crippen LogP contribution in [0.2, 0.25) is 0 Å². The Morgan fingerprint density at radius 3 is 2.84 bits per heavy atom. The minimum Gasteiger partial charge on any atom is -0.335 e. The Morgan fingerprint density at radius 2 is 2.26 bits per heavy atom. The molecule has 106 valence electrons. The number of thiophene rings is 1. The van der Waals surface area contributed by atoms with E-state index in [9.17, 15) is 13.2 Å². The molecule has 0 bridgehead atoms. The smallest absolute Gasteiger partial charge is 0.237 e. The molecule has 1 amide bonds. The van der Waals surface area contributed by atoms with Gasteiger partial charge in [0, 0.05) is 12.1 Å². The summed E-state index contributed by atoms with van der Waals surface area (Å²) in [5.74, 6) is -0.233. The lowest BCUT2D eigenvalue weighted by Crippen LogP contribution is -2.40. The van der Waals surface area contributed by atoms with Crippen LogP contribution < -0.4 is 0 Å². The normalized spacial score (nSPS) is 24.8. The van der Waals surface area contributed by atoms with E-state index >= 15 is 0 Å². The van der Waals surface area contributed by atoms with Crippen LogP contribution in [-0.4, -0.2) is 36.9 Å². The Morgan fingerprint density at radius 1 is 1.58 bits per heavy atom. The van der Waals surface area contributed by atoms with Gasteiger partial charge in [0.05, 0.1) is 11.3 Å².